The third kappa shape index (κ3) is 3.53. The van der Waals surface area contributed by atoms with Gasteiger partial charge in [0, 0.05) is 38.8 Å². The van der Waals surface area contributed by atoms with Gasteiger partial charge >= 0.3 is 6.03 Å². The SMILES string of the molecule is COc1ccc(CN2CCC(N3CCCNC3=O)CC2)cc1. The van der Waals surface area contributed by atoms with E-state index in [0.29, 0.717) is 6.04 Å². The Labute approximate surface area is 132 Å². The Morgan fingerprint density at radius 2 is 1.91 bits per heavy atom. The van der Waals surface area contributed by atoms with Crippen LogP contribution in [0.2, 0.25) is 0 Å². The number of likely N-dealkylation sites (tertiary alicyclic amines) is 1. The van der Waals surface area contributed by atoms with Crippen LogP contribution in [-0.4, -0.2) is 55.2 Å². The van der Waals surface area contributed by atoms with E-state index in [1.165, 1.54) is 5.56 Å². The third-order valence-corrected chi connectivity index (χ3v) is 4.68. The highest BCUT2D eigenvalue weighted by Gasteiger charge is 2.29. The molecule has 5 heteroatoms. The average molecular weight is 303 g/mol. The maximum Gasteiger partial charge on any atom is 0.317 e. The zero-order valence-corrected chi connectivity index (χ0v) is 13.3. The first-order chi connectivity index (χ1) is 10.8. The minimum atomic E-state index is 0.125. The molecule has 2 amide bonds. The molecule has 2 saturated heterocycles. The van der Waals surface area contributed by atoms with Gasteiger partial charge in [-0.1, -0.05) is 12.1 Å². The molecule has 0 saturated carbocycles. The molecule has 1 aromatic carbocycles. The Kier molecular flexibility index (Phi) is 4.83. The number of rotatable bonds is 4. The fraction of sp³-hybridized carbons (Fsp3) is 0.588. The van der Waals surface area contributed by atoms with Gasteiger partial charge in [-0.15, -0.1) is 0 Å². The molecule has 2 fully saturated rings. The number of piperidine rings is 1. The Morgan fingerprint density at radius 1 is 1.18 bits per heavy atom. The van der Waals surface area contributed by atoms with Gasteiger partial charge in [-0.2, -0.15) is 0 Å². The fourth-order valence-electron chi connectivity index (χ4n) is 3.37. The molecule has 0 spiro atoms. The second-order valence-corrected chi connectivity index (χ2v) is 6.13. The number of hydrogen-bond donors (Lipinski definition) is 1. The van der Waals surface area contributed by atoms with Gasteiger partial charge in [-0.25, -0.2) is 4.79 Å². The first kappa shape index (κ1) is 15.2. The van der Waals surface area contributed by atoms with E-state index in [9.17, 15) is 4.79 Å². The molecule has 22 heavy (non-hydrogen) atoms. The molecule has 0 radical (unpaired) electrons. The lowest BCUT2D eigenvalue weighted by molar-refractivity contribution is 0.109. The molecular formula is C17H25N3O2. The quantitative estimate of drug-likeness (QED) is 0.926. The zero-order valence-electron chi connectivity index (χ0n) is 13.3. The summed E-state index contributed by atoms with van der Waals surface area (Å²) in [6.07, 6.45) is 3.21. The molecule has 1 N–H and O–H groups in total. The average Bonchev–Trinajstić information content (AvgIpc) is 2.57. The molecule has 5 nitrogen and oxygen atoms in total. The van der Waals surface area contributed by atoms with Crippen LogP contribution in [0.5, 0.6) is 5.75 Å². The van der Waals surface area contributed by atoms with Crippen molar-refractivity contribution in [2.75, 3.05) is 33.3 Å². The van der Waals surface area contributed by atoms with E-state index in [0.717, 1.165) is 57.7 Å². The number of nitrogens with zero attached hydrogens (tertiary/aromatic N) is 2. The molecule has 1 aromatic rings. The lowest BCUT2D eigenvalue weighted by atomic mass is 10.0. The second kappa shape index (κ2) is 7.01. The van der Waals surface area contributed by atoms with E-state index in [-0.39, 0.29) is 6.03 Å². The zero-order chi connectivity index (χ0) is 15.4. The Hall–Kier alpha value is -1.75. The van der Waals surface area contributed by atoms with Crippen molar-refractivity contribution in [1.29, 1.82) is 0 Å². The first-order valence-electron chi connectivity index (χ1n) is 8.16. The van der Waals surface area contributed by atoms with Crippen LogP contribution in [0.3, 0.4) is 0 Å². The van der Waals surface area contributed by atoms with Gasteiger partial charge in [0.15, 0.2) is 0 Å². The molecule has 0 atom stereocenters. The maximum atomic E-state index is 11.9. The van der Waals surface area contributed by atoms with E-state index in [1.807, 2.05) is 17.0 Å². The third-order valence-electron chi connectivity index (χ3n) is 4.68. The van der Waals surface area contributed by atoms with E-state index in [4.69, 9.17) is 4.74 Å². The van der Waals surface area contributed by atoms with Crippen LogP contribution < -0.4 is 10.1 Å². The molecule has 0 aromatic heterocycles. The lowest BCUT2D eigenvalue weighted by Crippen LogP contribution is -2.54. The van der Waals surface area contributed by atoms with Gasteiger partial charge < -0.3 is 15.0 Å². The first-order valence-corrected chi connectivity index (χ1v) is 8.16. The number of benzene rings is 1. The van der Waals surface area contributed by atoms with E-state index < -0.39 is 0 Å². The molecule has 0 aliphatic carbocycles. The van der Waals surface area contributed by atoms with Crippen molar-refractivity contribution in [3.05, 3.63) is 29.8 Å². The Morgan fingerprint density at radius 3 is 2.55 bits per heavy atom. The van der Waals surface area contributed by atoms with Crippen molar-refractivity contribution >= 4 is 6.03 Å². The highest BCUT2D eigenvalue weighted by atomic mass is 16.5. The van der Waals surface area contributed by atoms with Crippen LogP contribution in [0.1, 0.15) is 24.8 Å². The molecule has 3 rings (SSSR count). The summed E-state index contributed by atoms with van der Waals surface area (Å²) in [5, 5.41) is 2.95. The number of carbonyl (C=O) groups excluding carboxylic acids is 1. The van der Waals surface area contributed by atoms with Gasteiger partial charge in [0.05, 0.1) is 7.11 Å². The smallest absolute Gasteiger partial charge is 0.317 e. The molecule has 2 heterocycles. The minimum absolute atomic E-state index is 0.125. The number of carbonyl (C=O) groups is 1. The normalized spacial score (nSPS) is 20.8. The fourth-order valence-corrected chi connectivity index (χ4v) is 3.37. The van der Waals surface area contributed by atoms with Crippen molar-refractivity contribution in [2.24, 2.45) is 0 Å². The van der Waals surface area contributed by atoms with Gasteiger partial charge in [0.1, 0.15) is 5.75 Å². The van der Waals surface area contributed by atoms with Gasteiger partial charge in [-0.3, -0.25) is 4.90 Å². The van der Waals surface area contributed by atoms with Crippen LogP contribution >= 0.6 is 0 Å². The standard InChI is InChI=1S/C17H25N3O2/c1-22-16-5-3-14(4-6-16)13-19-11-7-15(8-12-19)20-10-2-9-18-17(20)21/h3-6,15H,2,7-13H2,1H3,(H,18,21). The summed E-state index contributed by atoms with van der Waals surface area (Å²) >= 11 is 0. The Balaban J connectivity index is 1.49. The molecule has 2 aliphatic heterocycles. The van der Waals surface area contributed by atoms with Crippen LogP contribution in [0.15, 0.2) is 24.3 Å². The number of amides is 2. The van der Waals surface area contributed by atoms with Crippen LogP contribution in [0, 0.1) is 0 Å². The van der Waals surface area contributed by atoms with E-state index in [1.54, 1.807) is 7.11 Å². The summed E-state index contributed by atoms with van der Waals surface area (Å²) in [6.45, 7) is 4.82. The lowest BCUT2D eigenvalue weighted by Gasteiger charge is -2.40. The summed E-state index contributed by atoms with van der Waals surface area (Å²) in [5.41, 5.74) is 1.31. The summed E-state index contributed by atoms with van der Waals surface area (Å²) < 4.78 is 5.19. The molecular weight excluding hydrogens is 278 g/mol. The maximum absolute atomic E-state index is 11.9. The summed E-state index contributed by atoms with van der Waals surface area (Å²) in [6, 6.07) is 8.82. The van der Waals surface area contributed by atoms with Crippen LogP contribution in [-0.2, 0) is 6.54 Å². The molecule has 120 valence electrons. The second-order valence-electron chi connectivity index (χ2n) is 6.13. The van der Waals surface area contributed by atoms with Gasteiger partial charge in [-0.05, 0) is 37.0 Å². The summed E-state index contributed by atoms with van der Waals surface area (Å²) in [4.78, 5) is 16.4. The van der Waals surface area contributed by atoms with Crippen molar-refractivity contribution in [2.45, 2.75) is 31.8 Å². The number of urea groups is 1. The van der Waals surface area contributed by atoms with Crippen molar-refractivity contribution in [3.8, 4) is 5.75 Å². The highest BCUT2D eigenvalue weighted by Crippen LogP contribution is 2.20. The number of methoxy groups -OCH3 is 1. The predicted octanol–water partition coefficient (Wildman–Crippen LogP) is 2.07. The summed E-state index contributed by atoms with van der Waals surface area (Å²) in [5.74, 6) is 0.901. The van der Waals surface area contributed by atoms with E-state index in [2.05, 4.69) is 22.3 Å². The number of nitrogens with one attached hydrogen (secondary N) is 1. The topological polar surface area (TPSA) is 44.8 Å². The Bertz CT molecular complexity index is 495. The minimum Gasteiger partial charge on any atom is -0.497 e. The highest BCUT2D eigenvalue weighted by molar-refractivity contribution is 5.75. The van der Waals surface area contributed by atoms with Crippen molar-refractivity contribution in [1.82, 2.24) is 15.1 Å². The molecule has 0 bridgehead atoms. The number of ether oxygens (including phenoxy) is 1. The van der Waals surface area contributed by atoms with Crippen LogP contribution in [0.4, 0.5) is 4.79 Å². The number of hydrogen-bond acceptors (Lipinski definition) is 3. The molecule has 0 unspecified atom stereocenters. The van der Waals surface area contributed by atoms with Gasteiger partial charge in [0.2, 0.25) is 0 Å². The summed E-state index contributed by atoms with van der Waals surface area (Å²) in [7, 11) is 1.69. The predicted molar refractivity (Wildman–Crippen MR) is 86.0 cm³/mol. The van der Waals surface area contributed by atoms with Gasteiger partial charge in [0.25, 0.3) is 0 Å². The van der Waals surface area contributed by atoms with Crippen molar-refractivity contribution in [3.63, 3.8) is 0 Å². The van der Waals surface area contributed by atoms with Crippen molar-refractivity contribution < 1.29 is 9.53 Å². The van der Waals surface area contributed by atoms with Crippen LogP contribution in [0.25, 0.3) is 0 Å². The van der Waals surface area contributed by atoms with E-state index >= 15 is 0 Å². The molecule has 2 aliphatic rings. The largest absolute Gasteiger partial charge is 0.497 e. The monoisotopic (exact) mass is 303 g/mol.